The number of ether oxygens (including phenoxy) is 1. The lowest BCUT2D eigenvalue weighted by Crippen LogP contribution is -2.33. The van der Waals surface area contributed by atoms with E-state index in [-0.39, 0.29) is 11.6 Å². The Labute approximate surface area is 176 Å². The lowest BCUT2D eigenvalue weighted by Gasteiger charge is -2.33. The van der Waals surface area contributed by atoms with Gasteiger partial charge in [0.25, 0.3) is 0 Å². The van der Waals surface area contributed by atoms with Crippen LogP contribution in [0.4, 0.5) is 11.5 Å². The fourth-order valence-electron chi connectivity index (χ4n) is 3.62. The fourth-order valence-corrected chi connectivity index (χ4v) is 3.62. The van der Waals surface area contributed by atoms with Gasteiger partial charge < -0.3 is 20.1 Å². The van der Waals surface area contributed by atoms with Gasteiger partial charge in [0.15, 0.2) is 5.82 Å². The topological polar surface area (TPSA) is 74.7 Å². The van der Waals surface area contributed by atoms with Crippen LogP contribution in [-0.4, -0.2) is 29.2 Å². The lowest BCUT2D eigenvalue weighted by atomic mass is 10.1. The zero-order chi connectivity index (χ0) is 21.1. The zero-order valence-electron chi connectivity index (χ0n) is 17.1. The number of benzene rings is 2. The van der Waals surface area contributed by atoms with Crippen molar-refractivity contribution in [2.75, 3.05) is 23.4 Å². The Morgan fingerprint density at radius 3 is 2.60 bits per heavy atom. The number of nitrogens with zero attached hydrogens (tertiary/aromatic N) is 2. The summed E-state index contributed by atoms with van der Waals surface area (Å²) >= 11 is 0. The highest BCUT2D eigenvalue weighted by Crippen LogP contribution is 2.39. The summed E-state index contributed by atoms with van der Waals surface area (Å²) in [5.41, 5.74) is 4.70. The van der Waals surface area contributed by atoms with E-state index in [1.165, 1.54) is 11.1 Å². The summed E-state index contributed by atoms with van der Waals surface area (Å²) in [4.78, 5) is 18.0. The molecule has 1 unspecified atom stereocenters. The molecule has 2 N–H and O–H groups in total. The molecule has 0 aliphatic carbocycles. The summed E-state index contributed by atoms with van der Waals surface area (Å²) < 4.78 is 5.89. The largest absolute Gasteiger partial charge is 0.489 e. The van der Waals surface area contributed by atoms with Crippen molar-refractivity contribution >= 4 is 17.5 Å². The number of aryl methyl sites for hydroxylation is 1. The van der Waals surface area contributed by atoms with Crippen molar-refractivity contribution in [1.29, 1.82) is 0 Å². The molecule has 154 valence electrons. The summed E-state index contributed by atoms with van der Waals surface area (Å²) in [6, 6.07) is 17.3. The SMILES string of the molecule is Cc1ccc(CN2CCOc3ccnc(NC(C)c4ccc(C(=O)O)cc4)c32)cc1. The third-order valence-corrected chi connectivity index (χ3v) is 5.33. The maximum absolute atomic E-state index is 11.1. The Balaban J connectivity index is 1.58. The van der Waals surface area contributed by atoms with E-state index < -0.39 is 5.97 Å². The molecule has 0 spiro atoms. The molecule has 4 rings (SSSR count). The molecule has 0 amide bonds. The number of hydrogen-bond acceptors (Lipinski definition) is 5. The summed E-state index contributed by atoms with van der Waals surface area (Å²) in [5.74, 6) is 0.651. The highest BCUT2D eigenvalue weighted by atomic mass is 16.5. The van der Waals surface area contributed by atoms with Gasteiger partial charge in [-0.1, -0.05) is 42.0 Å². The number of nitrogens with one attached hydrogen (secondary N) is 1. The van der Waals surface area contributed by atoms with Crippen LogP contribution in [0.15, 0.2) is 60.8 Å². The van der Waals surface area contributed by atoms with Crippen LogP contribution in [0.25, 0.3) is 0 Å². The molecule has 0 fully saturated rings. The van der Waals surface area contributed by atoms with Gasteiger partial charge in [-0.25, -0.2) is 9.78 Å². The number of carboxylic acids is 1. The molecule has 2 aromatic carbocycles. The van der Waals surface area contributed by atoms with Crippen LogP contribution in [0, 0.1) is 6.92 Å². The van der Waals surface area contributed by atoms with E-state index in [1.807, 2.05) is 25.1 Å². The van der Waals surface area contributed by atoms with Gasteiger partial charge in [0.2, 0.25) is 0 Å². The van der Waals surface area contributed by atoms with E-state index >= 15 is 0 Å². The van der Waals surface area contributed by atoms with Crippen LogP contribution < -0.4 is 15.0 Å². The minimum Gasteiger partial charge on any atom is -0.489 e. The van der Waals surface area contributed by atoms with Gasteiger partial charge in [-0.15, -0.1) is 0 Å². The maximum atomic E-state index is 11.1. The Hall–Kier alpha value is -3.54. The second-order valence-electron chi connectivity index (χ2n) is 7.56. The molecular weight excluding hydrogens is 378 g/mol. The van der Waals surface area contributed by atoms with Crippen molar-refractivity contribution in [2.24, 2.45) is 0 Å². The first-order chi connectivity index (χ1) is 14.5. The second kappa shape index (κ2) is 8.45. The molecule has 0 saturated carbocycles. The Morgan fingerprint density at radius 2 is 1.90 bits per heavy atom. The Bertz CT molecular complexity index is 1030. The fraction of sp³-hybridized carbons (Fsp3) is 0.250. The number of aromatic carboxylic acids is 1. The van der Waals surface area contributed by atoms with Gasteiger partial charge in [0, 0.05) is 18.8 Å². The summed E-state index contributed by atoms with van der Waals surface area (Å²) in [6.45, 7) is 6.31. The van der Waals surface area contributed by atoms with Crippen LogP contribution in [0.5, 0.6) is 5.75 Å². The number of hydrogen-bond donors (Lipinski definition) is 2. The molecule has 2 heterocycles. The predicted molar refractivity (Wildman–Crippen MR) is 117 cm³/mol. The van der Waals surface area contributed by atoms with Gasteiger partial charge >= 0.3 is 5.97 Å². The van der Waals surface area contributed by atoms with Gasteiger partial charge in [-0.3, -0.25) is 0 Å². The lowest BCUT2D eigenvalue weighted by molar-refractivity contribution is 0.0697. The van der Waals surface area contributed by atoms with Crippen LogP contribution in [-0.2, 0) is 6.54 Å². The first-order valence-electron chi connectivity index (χ1n) is 10.0. The molecule has 0 radical (unpaired) electrons. The molecule has 30 heavy (non-hydrogen) atoms. The zero-order valence-corrected chi connectivity index (χ0v) is 17.1. The third-order valence-electron chi connectivity index (χ3n) is 5.33. The number of rotatable bonds is 6. The van der Waals surface area contributed by atoms with E-state index in [0.717, 1.165) is 35.9 Å². The van der Waals surface area contributed by atoms with Crippen molar-refractivity contribution in [2.45, 2.75) is 26.4 Å². The van der Waals surface area contributed by atoms with Crippen LogP contribution >= 0.6 is 0 Å². The van der Waals surface area contributed by atoms with Crippen molar-refractivity contribution in [3.63, 3.8) is 0 Å². The third kappa shape index (κ3) is 4.22. The van der Waals surface area contributed by atoms with Crippen molar-refractivity contribution in [1.82, 2.24) is 4.98 Å². The van der Waals surface area contributed by atoms with Gasteiger partial charge in [0.1, 0.15) is 18.0 Å². The number of fused-ring (bicyclic) bond motifs is 1. The Kier molecular flexibility index (Phi) is 5.57. The number of aromatic nitrogens is 1. The minimum absolute atomic E-state index is 0.0463. The molecule has 1 aliphatic rings. The van der Waals surface area contributed by atoms with Crippen molar-refractivity contribution in [3.05, 3.63) is 83.0 Å². The molecule has 0 saturated heterocycles. The van der Waals surface area contributed by atoms with Crippen LogP contribution in [0.3, 0.4) is 0 Å². The predicted octanol–water partition coefficient (Wildman–Crippen LogP) is 4.66. The Morgan fingerprint density at radius 1 is 1.17 bits per heavy atom. The first kappa shape index (κ1) is 19.8. The minimum atomic E-state index is -0.926. The maximum Gasteiger partial charge on any atom is 0.335 e. The highest BCUT2D eigenvalue weighted by molar-refractivity contribution is 5.87. The normalized spacial score (nSPS) is 13.9. The standard InChI is InChI=1S/C24H25N3O3/c1-16-3-5-18(6-4-16)15-27-13-14-30-21-11-12-25-23(22(21)27)26-17(2)19-7-9-20(10-8-19)24(28)29/h3-12,17H,13-15H2,1-2H3,(H,25,26)(H,28,29). The smallest absolute Gasteiger partial charge is 0.335 e. The van der Waals surface area contributed by atoms with Crippen LogP contribution in [0.2, 0.25) is 0 Å². The average Bonchev–Trinajstić information content (AvgIpc) is 2.75. The summed E-state index contributed by atoms with van der Waals surface area (Å²) in [5, 5.41) is 12.6. The summed E-state index contributed by atoms with van der Waals surface area (Å²) in [7, 11) is 0. The van der Waals surface area contributed by atoms with Gasteiger partial charge in [-0.05, 0) is 37.1 Å². The molecule has 1 atom stereocenters. The average molecular weight is 403 g/mol. The highest BCUT2D eigenvalue weighted by Gasteiger charge is 2.24. The number of pyridine rings is 1. The van der Waals surface area contributed by atoms with E-state index in [4.69, 9.17) is 9.84 Å². The number of carboxylic acid groups (broad SMARTS) is 1. The van der Waals surface area contributed by atoms with Crippen molar-refractivity contribution < 1.29 is 14.6 Å². The quantitative estimate of drug-likeness (QED) is 0.624. The van der Waals surface area contributed by atoms with Gasteiger partial charge in [0.05, 0.1) is 18.2 Å². The molecule has 1 aliphatic heterocycles. The number of anilines is 2. The van der Waals surface area contributed by atoms with E-state index in [1.54, 1.807) is 18.3 Å². The van der Waals surface area contributed by atoms with E-state index in [0.29, 0.717) is 6.61 Å². The summed E-state index contributed by atoms with van der Waals surface area (Å²) in [6.07, 6.45) is 1.75. The molecule has 6 nitrogen and oxygen atoms in total. The molecule has 3 aromatic rings. The molecule has 6 heteroatoms. The molecule has 0 bridgehead atoms. The molecular formula is C24H25N3O3. The van der Waals surface area contributed by atoms with Crippen molar-refractivity contribution in [3.8, 4) is 5.75 Å². The first-order valence-corrected chi connectivity index (χ1v) is 10.0. The van der Waals surface area contributed by atoms with Crippen LogP contribution in [0.1, 0.15) is 40.0 Å². The van der Waals surface area contributed by atoms with E-state index in [9.17, 15) is 4.79 Å². The monoisotopic (exact) mass is 403 g/mol. The van der Waals surface area contributed by atoms with E-state index in [2.05, 4.69) is 46.4 Å². The molecule has 1 aromatic heterocycles. The number of carbonyl (C=O) groups is 1. The second-order valence-corrected chi connectivity index (χ2v) is 7.56. The van der Waals surface area contributed by atoms with Gasteiger partial charge in [-0.2, -0.15) is 0 Å².